The lowest BCUT2D eigenvalue weighted by Crippen LogP contribution is -2.41. The van der Waals surface area contributed by atoms with Crippen LogP contribution in [-0.4, -0.2) is 18.3 Å². The Kier molecular flexibility index (Phi) is 3.84. The van der Waals surface area contributed by atoms with Gasteiger partial charge in [-0.05, 0) is 44.4 Å². The molecular formula is C15H23NS. The first-order valence-corrected chi connectivity index (χ1v) is 7.31. The SMILES string of the molecule is CNC1C(Sc2ccc(C)cc2)CCC1(C)C. The van der Waals surface area contributed by atoms with Crippen LogP contribution in [0.5, 0.6) is 0 Å². The van der Waals surface area contributed by atoms with Crippen molar-refractivity contribution in [2.24, 2.45) is 5.41 Å². The molecule has 0 radical (unpaired) electrons. The summed E-state index contributed by atoms with van der Waals surface area (Å²) >= 11 is 2.03. The second kappa shape index (κ2) is 5.03. The zero-order valence-corrected chi connectivity index (χ0v) is 12.1. The van der Waals surface area contributed by atoms with Crippen LogP contribution < -0.4 is 5.32 Å². The Morgan fingerprint density at radius 3 is 2.47 bits per heavy atom. The quantitative estimate of drug-likeness (QED) is 0.873. The van der Waals surface area contributed by atoms with Crippen molar-refractivity contribution < 1.29 is 0 Å². The Labute approximate surface area is 109 Å². The molecule has 0 aliphatic heterocycles. The van der Waals surface area contributed by atoms with E-state index in [1.165, 1.54) is 23.3 Å². The fourth-order valence-electron chi connectivity index (χ4n) is 2.83. The largest absolute Gasteiger partial charge is 0.315 e. The predicted molar refractivity (Wildman–Crippen MR) is 76.7 cm³/mol. The van der Waals surface area contributed by atoms with Crippen molar-refractivity contribution in [3.05, 3.63) is 29.8 Å². The lowest BCUT2D eigenvalue weighted by Gasteiger charge is -2.30. The van der Waals surface area contributed by atoms with Crippen LogP contribution in [0, 0.1) is 12.3 Å². The summed E-state index contributed by atoms with van der Waals surface area (Å²) in [6, 6.07) is 9.53. The first kappa shape index (κ1) is 13.0. The fraction of sp³-hybridized carbons (Fsp3) is 0.600. The first-order chi connectivity index (χ1) is 8.03. The molecule has 1 fully saturated rings. The van der Waals surface area contributed by atoms with Gasteiger partial charge in [-0.3, -0.25) is 0 Å². The minimum Gasteiger partial charge on any atom is -0.315 e. The summed E-state index contributed by atoms with van der Waals surface area (Å²) < 4.78 is 0. The molecule has 2 atom stereocenters. The molecule has 1 aromatic rings. The number of rotatable bonds is 3. The molecule has 0 heterocycles. The van der Waals surface area contributed by atoms with Gasteiger partial charge in [-0.25, -0.2) is 0 Å². The van der Waals surface area contributed by atoms with Gasteiger partial charge in [0.25, 0.3) is 0 Å². The summed E-state index contributed by atoms with van der Waals surface area (Å²) in [6.07, 6.45) is 2.64. The fourth-order valence-corrected chi connectivity index (χ4v) is 4.35. The van der Waals surface area contributed by atoms with E-state index in [1.54, 1.807) is 0 Å². The van der Waals surface area contributed by atoms with Gasteiger partial charge in [-0.1, -0.05) is 31.5 Å². The molecule has 1 saturated carbocycles. The van der Waals surface area contributed by atoms with Gasteiger partial charge in [0.05, 0.1) is 0 Å². The van der Waals surface area contributed by atoms with Crippen molar-refractivity contribution in [3.8, 4) is 0 Å². The number of hydrogen-bond acceptors (Lipinski definition) is 2. The molecule has 0 saturated heterocycles. The van der Waals surface area contributed by atoms with E-state index in [4.69, 9.17) is 0 Å². The maximum atomic E-state index is 3.52. The molecule has 0 spiro atoms. The smallest absolute Gasteiger partial charge is 0.0253 e. The highest BCUT2D eigenvalue weighted by Crippen LogP contribution is 2.44. The van der Waals surface area contributed by atoms with Crippen molar-refractivity contribution in [2.45, 2.75) is 49.8 Å². The zero-order chi connectivity index (χ0) is 12.5. The Bertz CT molecular complexity index is 369. The maximum absolute atomic E-state index is 3.52. The topological polar surface area (TPSA) is 12.0 Å². The monoisotopic (exact) mass is 249 g/mol. The second-order valence-corrected chi connectivity index (χ2v) is 7.08. The number of hydrogen-bond donors (Lipinski definition) is 1. The van der Waals surface area contributed by atoms with Crippen molar-refractivity contribution in [1.82, 2.24) is 5.32 Å². The van der Waals surface area contributed by atoms with E-state index in [1.807, 2.05) is 11.8 Å². The Morgan fingerprint density at radius 2 is 1.88 bits per heavy atom. The summed E-state index contributed by atoms with van der Waals surface area (Å²) in [5.41, 5.74) is 1.77. The van der Waals surface area contributed by atoms with Gasteiger partial charge in [0.2, 0.25) is 0 Å². The lowest BCUT2D eigenvalue weighted by molar-refractivity contribution is 0.300. The van der Waals surface area contributed by atoms with Crippen LogP contribution >= 0.6 is 11.8 Å². The zero-order valence-electron chi connectivity index (χ0n) is 11.3. The average Bonchev–Trinajstić information content (AvgIpc) is 2.57. The molecule has 2 unspecified atom stereocenters. The van der Waals surface area contributed by atoms with E-state index < -0.39 is 0 Å². The highest BCUT2D eigenvalue weighted by atomic mass is 32.2. The highest BCUT2D eigenvalue weighted by molar-refractivity contribution is 8.00. The van der Waals surface area contributed by atoms with Crippen LogP contribution in [0.15, 0.2) is 29.2 Å². The van der Waals surface area contributed by atoms with Crippen LogP contribution in [0.25, 0.3) is 0 Å². The van der Waals surface area contributed by atoms with E-state index in [-0.39, 0.29) is 0 Å². The molecule has 0 amide bonds. The summed E-state index contributed by atoms with van der Waals surface area (Å²) in [6.45, 7) is 6.90. The van der Waals surface area contributed by atoms with Crippen LogP contribution in [-0.2, 0) is 0 Å². The van der Waals surface area contributed by atoms with E-state index in [9.17, 15) is 0 Å². The highest BCUT2D eigenvalue weighted by Gasteiger charge is 2.41. The van der Waals surface area contributed by atoms with Gasteiger partial charge < -0.3 is 5.32 Å². The third kappa shape index (κ3) is 2.86. The lowest BCUT2D eigenvalue weighted by atomic mass is 9.87. The molecule has 2 heteroatoms. The van der Waals surface area contributed by atoms with Crippen molar-refractivity contribution in [1.29, 1.82) is 0 Å². The maximum Gasteiger partial charge on any atom is 0.0253 e. The van der Waals surface area contributed by atoms with Crippen LogP contribution in [0.3, 0.4) is 0 Å². The van der Waals surface area contributed by atoms with E-state index in [0.29, 0.717) is 16.7 Å². The Balaban J connectivity index is 2.07. The van der Waals surface area contributed by atoms with Gasteiger partial charge in [0.15, 0.2) is 0 Å². The first-order valence-electron chi connectivity index (χ1n) is 6.43. The number of benzene rings is 1. The Hall–Kier alpha value is -0.470. The minimum absolute atomic E-state index is 0.428. The predicted octanol–water partition coefficient (Wildman–Crippen LogP) is 3.86. The van der Waals surface area contributed by atoms with Crippen LogP contribution in [0.2, 0.25) is 0 Å². The van der Waals surface area contributed by atoms with Crippen LogP contribution in [0.1, 0.15) is 32.3 Å². The van der Waals surface area contributed by atoms with E-state index in [0.717, 1.165) is 0 Å². The van der Waals surface area contributed by atoms with Crippen LogP contribution in [0.4, 0.5) is 0 Å². The third-order valence-corrected chi connectivity index (χ3v) is 5.26. The average molecular weight is 249 g/mol. The second-order valence-electron chi connectivity index (χ2n) is 5.76. The van der Waals surface area contributed by atoms with Gasteiger partial charge in [-0.15, -0.1) is 11.8 Å². The summed E-state index contributed by atoms with van der Waals surface area (Å²) in [4.78, 5) is 1.40. The van der Waals surface area contributed by atoms with Crippen molar-refractivity contribution in [2.75, 3.05) is 7.05 Å². The molecule has 1 aliphatic carbocycles. The molecule has 0 bridgehead atoms. The van der Waals surface area contributed by atoms with Gasteiger partial charge in [0.1, 0.15) is 0 Å². The summed E-state index contributed by atoms with van der Waals surface area (Å²) in [7, 11) is 2.10. The van der Waals surface area contributed by atoms with E-state index >= 15 is 0 Å². The van der Waals surface area contributed by atoms with Gasteiger partial charge in [0, 0.05) is 16.2 Å². The molecule has 94 valence electrons. The molecule has 1 nitrogen and oxygen atoms in total. The van der Waals surface area contributed by atoms with Crippen molar-refractivity contribution >= 4 is 11.8 Å². The third-order valence-electron chi connectivity index (χ3n) is 3.91. The number of thioether (sulfide) groups is 1. The number of nitrogens with one attached hydrogen (secondary N) is 1. The standard InChI is InChI=1S/C15H23NS/c1-11-5-7-12(8-6-11)17-13-9-10-15(2,3)14(13)16-4/h5-8,13-14,16H,9-10H2,1-4H3. The molecule has 17 heavy (non-hydrogen) atoms. The number of aryl methyl sites for hydroxylation is 1. The molecule has 0 aromatic heterocycles. The van der Waals surface area contributed by atoms with Gasteiger partial charge in [-0.2, -0.15) is 0 Å². The molecule has 1 N–H and O–H groups in total. The normalized spacial score (nSPS) is 27.3. The Morgan fingerprint density at radius 1 is 1.24 bits per heavy atom. The summed E-state index contributed by atoms with van der Waals surface area (Å²) in [5, 5.41) is 4.22. The van der Waals surface area contributed by atoms with Crippen molar-refractivity contribution in [3.63, 3.8) is 0 Å². The molecule has 1 aromatic carbocycles. The summed E-state index contributed by atoms with van der Waals surface area (Å²) in [5.74, 6) is 0. The molecule has 1 aliphatic rings. The molecular weight excluding hydrogens is 226 g/mol. The van der Waals surface area contributed by atoms with Gasteiger partial charge >= 0.3 is 0 Å². The minimum atomic E-state index is 0.428. The van der Waals surface area contributed by atoms with E-state index in [2.05, 4.69) is 57.4 Å². The molecule has 2 rings (SSSR count).